The number of hydrogen-bond acceptors (Lipinski definition) is 0. The van der Waals surface area contributed by atoms with Crippen molar-refractivity contribution >= 4 is 21.8 Å². The van der Waals surface area contributed by atoms with Crippen molar-refractivity contribution in [2.24, 2.45) is 0 Å². The van der Waals surface area contributed by atoms with Crippen LogP contribution in [0.3, 0.4) is 0 Å². The molecule has 0 aliphatic carbocycles. The van der Waals surface area contributed by atoms with Gasteiger partial charge in [-0.3, -0.25) is 0 Å². The molecule has 0 amide bonds. The maximum absolute atomic E-state index is 2.53. The minimum atomic E-state index is -0.00381. The normalized spacial score (nSPS) is 12.9. The van der Waals surface area contributed by atoms with Gasteiger partial charge in [-0.15, -0.1) is 0 Å². The quantitative estimate of drug-likeness (QED) is 0.230. The minimum Gasteiger partial charge on any atom is -0.313 e. The molecule has 0 aliphatic rings. The van der Waals surface area contributed by atoms with Gasteiger partial charge in [0.1, 0.15) is 0 Å². The van der Waals surface area contributed by atoms with Gasteiger partial charge in [-0.25, -0.2) is 0 Å². The highest BCUT2D eigenvalue weighted by atomic mass is 15.0. The van der Waals surface area contributed by atoms with Gasteiger partial charge in [0.05, 0.1) is 11.0 Å². The van der Waals surface area contributed by atoms with Crippen LogP contribution in [-0.2, 0) is 10.8 Å². The second-order valence-electron chi connectivity index (χ2n) is 13.6. The second kappa shape index (κ2) is 9.19. The van der Waals surface area contributed by atoms with Crippen LogP contribution in [0.1, 0.15) is 104 Å². The first-order valence-electron chi connectivity index (χ1n) is 14.2. The predicted octanol–water partition coefficient (Wildman–Crippen LogP) is 10.4. The lowest BCUT2D eigenvalue weighted by atomic mass is 9.85. The lowest BCUT2D eigenvalue weighted by molar-refractivity contribution is 0.546. The molecule has 198 valence electrons. The third kappa shape index (κ3) is 4.19. The van der Waals surface area contributed by atoms with Gasteiger partial charge in [0.25, 0.3) is 0 Å². The third-order valence-corrected chi connectivity index (χ3v) is 7.75. The largest absolute Gasteiger partial charge is 0.313 e. The average Bonchev–Trinajstić information content (AvgIpc) is 3.38. The number of rotatable bonds is 4. The van der Waals surface area contributed by atoms with Crippen molar-refractivity contribution in [3.8, 4) is 11.4 Å². The molecule has 5 aromatic rings. The van der Waals surface area contributed by atoms with E-state index >= 15 is 0 Å². The molecule has 2 aromatic heterocycles. The average molecular weight is 505 g/mol. The molecule has 0 radical (unpaired) electrons. The highest BCUT2D eigenvalue weighted by Crippen LogP contribution is 2.43. The Morgan fingerprint density at radius 2 is 0.868 bits per heavy atom. The maximum Gasteiger partial charge on any atom is 0.0534 e. The van der Waals surface area contributed by atoms with Crippen LogP contribution in [0.5, 0.6) is 0 Å². The number of fused-ring (bicyclic) bond motifs is 2. The summed E-state index contributed by atoms with van der Waals surface area (Å²) >= 11 is 0. The molecule has 2 nitrogen and oxygen atoms in total. The van der Waals surface area contributed by atoms with Gasteiger partial charge in [0, 0.05) is 44.4 Å². The summed E-state index contributed by atoms with van der Waals surface area (Å²) in [5.41, 5.74) is 10.7. The fourth-order valence-electron chi connectivity index (χ4n) is 6.48. The van der Waals surface area contributed by atoms with Crippen LogP contribution in [0, 0.1) is 0 Å². The molecule has 0 atom stereocenters. The zero-order valence-electron chi connectivity index (χ0n) is 25.0. The van der Waals surface area contributed by atoms with Gasteiger partial charge >= 0.3 is 0 Å². The highest BCUT2D eigenvalue weighted by Gasteiger charge is 2.30. The molecular weight excluding hydrogens is 460 g/mol. The Balaban J connectivity index is 1.88. The maximum atomic E-state index is 2.53. The topological polar surface area (TPSA) is 9.86 Å². The summed E-state index contributed by atoms with van der Waals surface area (Å²) in [4.78, 5) is 0. The van der Waals surface area contributed by atoms with Gasteiger partial charge < -0.3 is 9.13 Å². The van der Waals surface area contributed by atoms with Gasteiger partial charge in [-0.05, 0) is 53.3 Å². The molecule has 0 N–H and O–H groups in total. The van der Waals surface area contributed by atoms with Gasteiger partial charge in [0.15, 0.2) is 0 Å². The fourth-order valence-corrected chi connectivity index (χ4v) is 6.48. The van der Waals surface area contributed by atoms with Crippen LogP contribution in [0.2, 0.25) is 0 Å². The van der Waals surface area contributed by atoms with Crippen molar-refractivity contribution < 1.29 is 0 Å². The molecular formula is C36H44N2. The van der Waals surface area contributed by atoms with Crippen LogP contribution < -0.4 is 0 Å². The molecule has 0 saturated heterocycles. The van der Waals surface area contributed by atoms with Gasteiger partial charge in [0.2, 0.25) is 0 Å². The van der Waals surface area contributed by atoms with E-state index in [4.69, 9.17) is 0 Å². The van der Waals surface area contributed by atoms with E-state index in [0.29, 0.717) is 11.8 Å². The lowest BCUT2D eigenvalue weighted by Crippen LogP contribution is -2.20. The van der Waals surface area contributed by atoms with Gasteiger partial charge in [-0.2, -0.15) is 0 Å². The first-order valence-corrected chi connectivity index (χ1v) is 14.2. The highest BCUT2D eigenvalue weighted by molar-refractivity contribution is 5.90. The number of para-hydroxylation sites is 2. The zero-order chi connectivity index (χ0) is 27.6. The summed E-state index contributed by atoms with van der Waals surface area (Å²) < 4.78 is 5.06. The van der Waals surface area contributed by atoms with E-state index in [2.05, 4.69) is 151 Å². The monoisotopic (exact) mass is 504 g/mol. The molecule has 0 saturated carbocycles. The Morgan fingerprint density at radius 3 is 1.21 bits per heavy atom. The van der Waals surface area contributed by atoms with E-state index in [0.717, 1.165) is 0 Å². The van der Waals surface area contributed by atoms with Crippen molar-refractivity contribution in [3.05, 3.63) is 95.3 Å². The number of nitrogens with zero attached hydrogens (tertiary/aromatic N) is 2. The lowest BCUT2D eigenvalue weighted by Gasteiger charge is -2.27. The van der Waals surface area contributed by atoms with E-state index in [-0.39, 0.29) is 10.8 Å². The SMILES string of the molecule is CC(C)c1c(C(C)(C)C)n(-c2cccc(-n3c(C(C)(C)C)c(C(C)C)c4ccccc43)c2)c2ccccc12. The second-order valence-corrected chi connectivity index (χ2v) is 13.6. The first kappa shape index (κ1) is 26.4. The first-order chi connectivity index (χ1) is 17.8. The van der Waals surface area contributed by atoms with Crippen molar-refractivity contribution in [1.29, 1.82) is 0 Å². The molecule has 2 heteroatoms. The Hall–Kier alpha value is -3.26. The molecule has 0 spiro atoms. The van der Waals surface area contributed by atoms with Crippen molar-refractivity contribution in [3.63, 3.8) is 0 Å². The smallest absolute Gasteiger partial charge is 0.0534 e. The van der Waals surface area contributed by atoms with Crippen LogP contribution >= 0.6 is 0 Å². The summed E-state index contributed by atoms with van der Waals surface area (Å²) in [5.74, 6) is 0.876. The number of aromatic nitrogens is 2. The van der Waals surface area contributed by atoms with Crippen LogP contribution in [-0.4, -0.2) is 9.13 Å². The molecule has 38 heavy (non-hydrogen) atoms. The van der Waals surface area contributed by atoms with Crippen molar-refractivity contribution in [2.75, 3.05) is 0 Å². The molecule has 3 aromatic carbocycles. The van der Waals surface area contributed by atoms with Crippen LogP contribution in [0.25, 0.3) is 33.2 Å². The standard InChI is InChI=1S/C36H44N2/c1-23(2)31-27-18-11-13-20-29(27)37(33(31)35(5,6)7)25-16-15-17-26(22-25)38-30-21-14-12-19-28(30)32(24(3)4)34(38)36(8,9)10/h11-24H,1-10H3. The van der Waals surface area contributed by atoms with E-state index in [1.807, 2.05) is 0 Å². The fraction of sp³-hybridized carbons (Fsp3) is 0.389. The minimum absolute atomic E-state index is 0.00381. The number of hydrogen-bond donors (Lipinski definition) is 0. The molecule has 2 heterocycles. The predicted molar refractivity (Wildman–Crippen MR) is 166 cm³/mol. The Kier molecular flexibility index (Phi) is 6.37. The number of benzene rings is 3. The van der Waals surface area contributed by atoms with E-state index < -0.39 is 0 Å². The summed E-state index contributed by atoms with van der Waals surface area (Å²) in [6, 6.07) is 27.1. The van der Waals surface area contributed by atoms with E-state index in [1.165, 1.54) is 55.7 Å². The molecule has 0 fully saturated rings. The Morgan fingerprint density at radius 1 is 0.500 bits per heavy atom. The summed E-state index contributed by atoms with van der Waals surface area (Å²) in [6.07, 6.45) is 0. The van der Waals surface area contributed by atoms with E-state index in [9.17, 15) is 0 Å². The third-order valence-electron chi connectivity index (χ3n) is 7.75. The molecule has 0 bridgehead atoms. The van der Waals surface area contributed by atoms with E-state index in [1.54, 1.807) is 0 Å². The van der Waals surface area contributed by atoms with Gasteiger partial charge in [-0.1, -0.05) is 112 Å². The zero-order valence-corrected chi connectivity index (χ0v) is 25.0. The summed E-state index contributed by atoms with van der Waals surface area (Å²) in [7, 11) is 0. The van der Waals surface area contributed by atoms with Crippen LogP contribution in [0.15, 0.2) is 72.8 Å². The van der Waals surface area contributed by atoms with Crippen LogP contribution in [0.4, 0.5) is 0 Å². The Bertz CT molecular complexity index is 1510. The van der Waals surface area contributed by atoms with Crippen molar-refractivity contribution in [1.82, 2.24) is 9.13 Å². The summed E-state index contributed by atoms with van der Waals surface area (Å²) in [5, 5.41) is 2.73. The Labute approximate surface area is 229 Å². The summed E-state index contributed by atoms with van der Waals surface area (Å²) in [6.45, 7) is 23.4. The molecule has 0 aliphatic heterocycles. The van der Waals surface area contributed by atoms with Crippen molar-refractivity contribution in [2.45, 2.75) is 91.9 Å². The molecule has 5 rings (SSSR count). The molecule has 0 unspecified atom stereocenters.